The Kier molecular flexibility index (Phi) is 6.92. The van der Waals surface area contributed by atoms with Crippen molar-refractivity contribution in [1.82, 2.24) is 10.2 Å². The molecule has 0 radical (unpaired) electrons. The lowest BCUT2D eigenvalue weighted by Gasteiger charge is -2.18. The van der Waals surface area contributed by atoms with Crippen molar-refractivity contribution >= 4 is 29.2 Å². The number of hydrogen-bond acceptors (Lipinski definition) is 3. The summed E-state index contributed by atoms with van der Waals surface area (Å²) in [5.74, 6) is 0.573. The molecule has 0 saturated carbocycles. The molecule has 1 aliphatic rings. The molecule has 32 heavy (non-hydrogen) atoms. The van der Waals surface area contributed by atoms with Gasteiger partial charge in [0.1, 0.15) is 18.9 Å². The van der Waals surface area contributed by atoms with Gasteiger partial charge in [0.05, 0.1) is 0 Å². The zero-order valence-electron chi connectivity index (χ0n) is 17.5. The average molecular weight is 450 g/mol. The van der Waals surface area contributed by atoms with E-state index in [-0.39, 0.29) is 18.5 Å². The van der Waals surface area contributed by atoms with Crippen LogP contribution in [0.5, 0.6) is 5.75 Å². The molecule has 0 spiro atoms. The Bertz CT molecular complexity index is 1070. The second-order valence-corrected chi connectivity index (χ2v) is 7.97. The molecule has 3 amide bonds. The number of anilines is 1. The Labute approximate surface area is 192 Å². The van der Waals surface area contributed by atoms with Crippen LogP contribution in [0.2, 0.25) is 5.02 Å². The number of amides is 3. The van der Waals surface area contributed by atoms with Gasteiger partial charge in [0.15, 0.2) is 0 Å². The molecule has 3 aromatic rings. The van der Waals surface area contributed by atoms with E-state index in [0.29, 0.717) is 31.3 Å². The summed E-state index contributed by atoms with van der Waals surface area (Å²) in [4.78, 5) is 28.2. The minimum absolute atomic E-state index is 0.0220. The van der Waals surface area contributed by atoms with Crippen molar-refractivity contribution in [2.45, 2.75) is 13.2 Å². The summed E-state index contributed by atoms with van der Waals surface area (Å²) in [5, 5.41) is 3.45. The maximum atomic E-state index is 12.6. The third-order valence-electron chi connectivity index (χ3n) is 5.21. The third kappa shape index (κ3) is 5.59. The molecule has 3 aromatic carbocycles. The fourth-order valence-corrected chi connectivity index (χ4v) is 3.67. The Balaban J connectivity index is 1.23. The molecule has 1 heterocycles. The number of nitrogens with zero attached hydrogens (tertiary/aromatic N) is 2. The van der Waals surface area contributed by atoms with Crippen LogP contribution >= 0.6 is 11.6 Å². The molecule has 7 heteroatoms. The summed E-state index contributed by atoms with van der Waals surface area (Å²) < 4.78 is 5.78. The highest BCUT2D eigenvalue weighted by Crippen LogP contribution is 2.23. The molecule has 164 valence electrons. The first kappa shape index (κ1) is 21.7. The van der Waals surface area contributed by atoms with Crippen LogP contribution in [0.15, 0.2) is 78.9 Å². The number of benzene rings is 3. The summed E-state index contributed by atoms with van der Waals surface area (Å²) in [7, 11) is 0. The topological polar surface area (TPSA) is 61.9 Å². The first-order valence-electron chi connectivity index (χ1n) is 10.4. The molecule has 4 rings (SSSR count). The number of nitrogens with one attached hydrogen (secondary N) is 1. The third-order valence-corrected chi connectivity index (χ3v) is 5.45. The van der Waals surface area contributed by atoms with Crippen molar-refractivity contribution in [2.24, 2.45) is 0 Å². The van der Waals surface area contributed by atoms with Crippen molar-refractivity contribution < 1.29 is 14.3 Å². The van der Waals surface area contributed by atoms with Crippen molar-refractivity contribution in [3.8, 4) is 5.75 Å². The molecule has 0 unspecified atom stereocenters. The molecular weight excluding hydrogens is 426 g/mol. The van der Waals surface area contributed by atoms with Crippen molar-refractivity contribution in [1.29, 1.82) is 0 Å². The maximum absolute atomic E-state index is 12.6. The van der Waals surface area contributed by atoms with Gasteiger partial charge in [-0.2, -0.15) is 0 Å². The number of carbonyl (C=O) groups excluding carboxylic acids is 2. The lowest BCUT2D eigenvalue weighted by atomic mass is 10.2. The van der Waals surface area contributed by atoms with Crippen LogP contribution in [0.1, 0.15) is 11.1 Å². The number of carbonyl (C=O) groups is 2. The average Bonchev–Trinajstić information content (AvgIpc) is 3.17. The van der Waals surface area contributed by atoms with E-state index in [2.05, 4.69) is 5.32 Å². The standard InChI is InChI=1S/C25H24ClN3O3/c26-21-7-4-8-22(15-21)29-14-13-28(25(29)31)17-24(30)27-16-19-9-11-23(12-10-19)32-18-20-5-2-1-3-6-20/h1-12,15H,13-14,16-18H2,(H,27,30). The highest BCUT2D eigenvalue weighted by Gasteiger charge is 2.30. The zero-order valence-corrected chi connectivity index (χ0v) is 18.3. The molecule has 0 bridgehead atoms. The molecule has 1 fully saturated rings. The van der Waals surface area contributed by atoms with E-state index in [1.807, 2.05) is 60.7 Å². The van der Waals surface area contributed by atoms with Gasteiger partial charge in [0, 0.05) is 30.3 Å². The monoisotopic (exact) mass is 449 g/mol. The lowest BCUT2D eigenvalue weighted by Crippen LogP contribution is -2.39. The van der Waals surface area contributed by atoms with Gasteiger partial charge in [-0.15, -0.1) is 0 Å². The van der Waals surface area contributed by atoms with Gasteiger partial charge in [-0.25, -0.2) is 4.79 Å². The highest BCUT2D eigenvalue weighted by molar-refractivity contribution is 6.30. The van der Waals surface area contributed by atoms with Gasteiger partial charge in [-0.3, -0.25) is 9.69 Å². The SMILES string of the molecule is O=C(CN1CCN(c2cccc(Cl)c2)C1=O)NCc1ccc(OCc2ccccc2)cc1. The normalized spacial score (nSPS) is 13.3. The maximum Gasteiger partial charge on any atom is 0.325 e. The van der Waals surface area contributed by atoms with Crippen LogP contribution in [-0.2, 0) is 17.9 Å². The van der Waals surface area contributed by atoms with Gasteiger partial charge in [0.2, 0.25) is 5.91 Å². The molecule has 1 saturated heterocycles. The number of ether oxygens (including phenoxy) is 1. The van der Waals surface area contributed by atoms with E-state index < -0.39 is 0 Å². The molecule has 6 nitrogen and oxygen atoms in total. The van der Waals surface area contributed by atoms with Crippen molar-refractivity contribution in [3.05, 3.63) is 95.0 Å². The summed E-state index contributed by atoms with van der Waals surface area (Å²) in [6.07, 6.45) is 0. The summed E-state index contributed by atoms with van der Waals surface area (Å²) in [6.45, 7) is 1.93. The van der Waals surface area contributed by atoms with E-state index in [1.165, 1.54) is 4.90 Å². The van der Waals surface area contributed by atoms with Crippen LogP contribution in [0.3, 0.4) is 0 Å². The number of rotatable bonds is 8. The number of halogens is 1. The fourth-order valence-electron chi connectivity index (χ4n) is 3.49. The Morgan fingerprint density at radius 2 is 1.72 bits per heavy atom. The number of hydrogen-bond donors (Lipinski definition) is 1. The summed E-state index contributed by atoms with van der Waals surface area (Å²) in [6, 6.07) is 24.5. The second kappa shape index (κ2) is 10.2. The molecule has 0 aliphatic carbocycles. The van der Waals surface area contributed by atoms with Crippen LogP contribution < -0.4 is 15.0 Å². The van der Waals surface area contributed by atoms with E-state index in [9.17, 15) is 9.59 Å². The van der Waals surface area contributed by atoms with Crippen LogP contribution in [0.4, 0.5) is 10.5 Å². The lowest BCUT2D eigenvalue weighted by molar-refractivity contribution is -0.121. The number of urea groups is 1. The molecule has 1 N–H and O–H groups in total. The van der Waals surface area contributed by atoms with Crippen molar-refractivity contribution in [3.63, 3.8) is 0 Å². The van der Waals surface area contributed by atoms with E-state index in [0.717, 1.165) is 22.6 Å². The van der Waals surface area contributed by atoms with Crippen LogP contribution in [0, 0.1) is 0 Å². The molecule has 1 aliphatic heterocycles. The van der Waals surface area contributed by atoms with Gasteiger partial charge in [0.25, 0.3) is 0 Å². The van der Waals surface area contributed by atoms with E-state index >= 15 is 0 Å². The van der Waals surface area contributed by atoms with E-state index in [1.54, 1.807) is 23.1 Å². The van der Waals surface area contributed by atoms with Gasteiger partial charge >= 0.3 is 6.03 Å². The minimum Gasteiger partial charge on any atom is -0.489 e. The molecule has 0 atom stereocenters. The first-order valence-corrected chi connectivity index (χ1v) is 10.8. The first-order chi connectivity index (χ1) is 15.6. The molecule has 0 aromatic heterocycles. The Morgan fingerprint density at radius 1 is 0.938 bits per heavy atom. The van der Waals surface area contributed by atoms with Gasteiger partial charge < -0.3 is 15.0 Å². The van der Waals surface area contributed by atoms with Crippen LogP contribution in [0.25, 0.3) is 0 Å². The summed E-state index contributed by atoms with van der Waals surface area (Å²) in [5.41, 5.74) is 2.80. The van der Waals surface area contributed by atoms with Gasteiger partial charge in [-0.1, -0.05) is 60.1 Å². The quantitative estimate of drug-likeness (QED) is 0.551. The smallest absolute Gasteiger partial charge is 0.325 e. The predicted octanol–water partition coefficient (Wildman–Crippen LogP) is 4.48. The summed E-state index contributed by atoms with van der Waals surface area (Å²) >= 11 is 6.02. The zero-order chi connectivity index (χ0) is 22.3. The van der Waals surface area contributed by atoms with Gasteiger partial charge in [-0.05, 0) is 41.5 Å². The molecular formula is C25H24ClN3O3. The fraction of sp³-hybridized carbons (Fsp3) is 0.200. The van der Waals surface area contributed by atoms with Crippen molar-refractivity contribution in [2.75, 3.05) is 24.5 Å². The minimum atomic E-state index is -0.198. The largest absolute Gasteiger partial charge is 0.489 e. The van der Waals surface area contributed by atoms with E-state index in [4.69, 9.17) is 16.3 Å². The predicted molar refractivity (Wildman–Crippen MR) is 125 cm³/mol. The second-order valence-electron chi connectivity index (χ2n) is 7.53. The highest BCUT2D eigenvalue weighted by atomic mass is 35.5. The Morgan fingerprint density at radius 3 is 2.47 bits per heavy atom. The van der Waals surface area contributed by atoms with Crippen LogP contribution in [-0.4, -0.2) is 36.5 Å². The Hall–Kier alpha value is -3.51.